The second kappa shape index (κ2) is 8.53. The molecule has 1 aromatic heterocycles. The molecule has 0 saturated carbocycles. The highest BCUT2D eigenvalue weighted by Gasteiger charge is 2.38. The van der Waals surface area contributed by atoms with Crippen LogP contribution >= 0.6 is 0 Å². The van der Waals surface area contributed by atoms with E-state index >= 15 is 0 Å². The number of rotatable bonds is 10. The lowest BCUT2D eigenvalue weighted by Crippen LogP contribution is -2.52. The summed E-state index contributed by atoms with van der Waals surface area (Å²) >= 11 is 0. The van der Waals surface area contributed by atoms with E-state index in [9.17, 15) is 9.90 Å². The van der Waals surface area contributed by atoms with E-state index in [0.29, 0.717) is 12.5 Å². The Morgan fingerprint density at radius 1 is 1.23 bits per heavy atom. The first kappa shape index (κ1) is 22.6. The molecule has 0 atom stereocenters. The number of aryl methyl sites for hydroxylation is 1. The van der Waals surface area contributed by atoms with Crippen molar-refractivity contribution < 1.29 is 19.3 Å². The molecule has 1 aromatic rings. The number of hydrogen-bond acceptors (Lipinski definition) is 5. The molecule has 26 heavy (non-hydrogen) atoms. The highest BCUT2D eigenvalue weighted by molar-refractivity contribution is 6.66. The molecule has 5 nitrogen and oxygen atoms in total. The molecule has 0 aromatic carbocycles. The molecule has 0 bridgehead atoms. The van der Waals surface area contributed by atoms with Crippen molar-refractivity contribution in [1.82, 2.24) is 4.98 Å². The molecule has 0 unspecified atom stereocenters. The number of carbonyl (C=O) groups is 1. The summed E-state index contributed by atoms with van der Waals surface area (Å²) in [5, 5.41) is 10.3. The smallest absolute Gasteiger partial charge is 0.326 e. The van der Waals surface area contributed by atoms with Gasteiger partial charge in [-0.05, 0) is 58.5 Å². The summed E-state index contributed by atoms with van der Waals surface area (Å²) in [6.45, 7) is 15.2. The van der Waals surface area contributed by atoms with Gasteiger partial charge in [-0.25, -0.2) is 4.98 Å². The van der Waals surface area contributed by atoms with Crippen molar-refractivity contribution in [3.63, 3.8) is 0 Å². The normalized spacial score (nSPS) is 12.8. The van der Waals surface area contributed by atoms with Crippen molar-refractivity contribution in [2.45, 2.75) is 79.3 Å². The number of aliphatic hydroxyl groups is 1. The number of pyridine rings is 1. The van der Waals surface area contributed by atoms with Crippen LogP contribution in [0.15, 0.2) is 12.3 Å². The van der Waals surface area contributed by atoms with Crippen LogP contribution in [0.25, 0.3) is 0 Å². The standard InChI is InChI=1S/C20H34BNO4/c1-9-20(10-2,13-23)14-25-17-11-15(3)16(12-22-17)21(8)26-19(6,7)18(4,5)24/h11-13,24H,9-10,14H2,1-8H3. The van der Waals surface area contributed by atoms with Crippen LogP contribution in [-0.4, -0.2) is 41.1 Å². The van der Waals surface area contributed by atoms with Crippen molar-refractivity contribution in [1.29, 1.82) is 0 Å². The van der Waals surface area contributed by atoms with Crippen LogP contribution in [0.1, 0.15) is 59.9 Å². The van der Waals surface area contributed by atoms with Crippen molar-refractivity contribution >= 4 is 18.7 Å². The molecule has 0 spiro atoms. The summed E-state index contributed by atoms with van der Waals surface area (Å²) in [4.78, 5) is 15.8. The van der Waals surface area contributed by atoms with E-state index in [1.165, 1.54) is 0 Å². The third-order valence-electron chi connectivity index (χ3n) is 5.67. The number of aldehydes is 1. The number of aromatic nitrogens is 1. The van der Waals surface area contributed by atoms with Gasteiger partial charge in [0.25, 0.3) is 0 Å². The second-order valence-corrected chi connectivity index (χ2v) is 8.18. The van der Waals surface area contributed by atoms with Gasteiger partial charge in [-0.1, -0.05) is 20.7 Å². The SMILES string of the molecule is CCC(C=O)(CC)COc1cc(C)c(B(C)OC(C)(C)C(C)(C)O)cn1. The number of nitrogens with zero attached hydrogens (tertiary/aromatic N) is 1. The Balaban J connectivity index is 2.89. The predicted octanol–water partition coefficient (Wildman–Crippen LogP) is 3.17. The molecule has 1 rings (SSSR count). The van der Waals surface area contributed by atoms with Gasteiger partial charge in [0.2, 0.25) is 5.88 Å². The largest absolute Gasteiger partial charge is 0.477 e. The Morgan fingerprint density at radius 3 is 2.23 bits per heavy atom. The van der Waals surface area contributed by atoms with Crippen molar-refractivity contribution in [3.05, 3.63) is 17.8 Å². The maximum Gasteiger partial charge on any atom is 0.326 e. The summed E-state index contributed by atoms with van der Waals surface area (Å²) < 4.78 is 11.9. The third-order valence-corrected chi connectivity index (χ3v) is 5.67. The van der Waals surface area contributed by atoms with Gasteiger partial charge < -0.3 is 19.3 Å². The number of ether oxygens (including phenoxy) is 1. The van der Waals surface area contributed by atoms with Crippen LogP contribution in [0.3, 0.4) is 0 Å². The predicted molar refractivity (Wildman–Crippen MR) is 106 cm³/mol. The minimum Gasteiger partial charge on any atom is -0.477 e. The van der Waals surface area contributed by atoms with Crippen molar-refractivity contribution in [2.75, 3.05) is 6.61 Å². The first-order chi connectivity index (χ1) is 11.9. The molecule has 0 aliphatic heterocycles. The van der Waals surface area contributed by atoms with E-state index in [0.717, 1.165) is 30.2 Å². The van der Waals surface area contributed by atoms with E-state index in [2.05, 4.69) is 4.98 Å². The summed E-state index contributed by atoms with van der Waals surface area (Å²) in [7, 11) is 0. The fourth-order valence-electron chi connectivity index (χ4n) is 2.57. The van der Waals surface area contributed by atoms with Gasteiger partial charge in [0.15, 0.2) is 0 Å². The van der Waals surface area contributed by atoms with Gasteiger partial charge in [0.05, 0.1) is 16.6 Å². The molecule has 0 aliphatic carbocycles. The lowest BCUT2D eigenvalue weighted by atomic mass is 9.61. The molecule has 0 saturated heterocycles. The van der Waals surface area contributed by atoms with Crippen molar-refractivity contribution in [3.8, 4) is 5.88 Å². The Kier molecular flexibility index (Phi) is 7.43. The molecule has 0 fully saturated rings. The van der Waals surface area contributed by atoms with Gasteiger partial charge in [-0.2, -0.15) is 0 Å². The minimum atomic E-state index is -0.968. The molecule has 0 aliphatic rings. The topological polar surface area (TPSA) is 68.7 Å². The zero-order valence-electron chi connectivity index (χ0n) is 17.5. The van der Waals surface area contributed by atoms with Gasteiger partial charge in [-0.15, -0.1) is 0 Å². The van der Waals surface area contributed by atoms with Crippen LogP contribution in [0.2, 0.25) is 6.82 Å². The van der Waals surface area contributed by atoms with Crippen LogP contribution in [0.5, 0.6) is 5.88 Å². The Labute approximate surface area is 158 Å². The van der Waals surface area contributed by atoms with Gasteiger partial charge in [0, 0.05) is 12.3 Å². The van der Waals surface area contributed by atoms with E-state index in [1.807, 2.05) is 47.5 Å². The first-order valence-corrected chi connectivity index (χ1v) is 9.37. The molecule has 146 valence electrons. The number of carbonyl (C=O) groups excluding carboxylic acids is 1. The lowest BCUT2D eigenvalue weighted by molar-refractivity contribution is -0.118. The zero-order chi connectivity index (χ0) is 20.2. The van der Waals surface area contributed by atoms with E-state index < -0.39 is 16.6 Å². The Bertz CT molecular complexity index is 606. The molecule has 0 amide bonds. The molecular formula is C20H34BNO4. The highest BCUT2D eigenvalue weighted by Crippen LogP contribution is 2.27. The summed E-state index contributed by atoms with van der Waals surface area (Å²) in [5.41, 5.74) is -0.188. The molecule has 1 N–H and O–H groups in total. The van der Waals surface area contributed by atoms with E-state index in [4.69, 9.17) is 9.39 Å². The maximum atomic E-state index is 11.4. The molecule has 0 radical (unpaired) electrons. The van der Waals surface area contributed by atoms with Crippen LogP contribution in [0.4, 0.5) is 0 Å². The molecule has 6 heteroatoms. The Morgan fingerprint density at radius 2 is 1.81 bits per heavy atom. The van der Waals surface area contributed by atoms with Crippen molar-refractivity contribution in [2.24, 2.45) is 5.41 Å². The quantitative estimate of drug-likeness (QED) is 0.511. The van der Waals surface area contributed by atoms with Crippen LogP contribution in [0, 0.1) is 12.3 Å². The third kappa shape index (κ3) is 5.30. The average molecular weight is 363 g/mol. The molecule has 1 heterocycles. The van der Waals surface area contributed by atoms with E-state index in [-0.39, 0.29) is 6.92 Å². The summed E-state index contributed by atoms with van der Waals surface area (Å²) in [6, 6.07) is 1.87. The van der Waals surface area contributed by atoms with E-state index in [1.54, 1.807) is 20.0 Å². The van der Waals surface area contributed by atoms with Gasteiger partial charge in [-0.3, -0.25) is 0 Å². The first-order valence-electron chi connectivity index (χ1n) is 9.37. The average Bonchev–Trinajstić information content (AvgIpc) is 2.55. The summed E-state index contributed by atoms with van der Waals surface area (Å²) in [5.74, 6) is 0.508. The Hall–Kier alpha value is -1.40. The van der Waals surface area contributed by atoms with Crippen LogP contribution in [-0.2, 0) is 9.45 Å². The maximum absolute atomic E-state index is 11.4. The van der Waals surface area contributed by atoms with Crippen LogP contribution < -0.4 is 10.2 Å². The number of hydrogen-bond donors (Lipinski definition) is 1. The fraction of sp³-hybridized carbons (Fsp3) is 0.700. The second-order valence-electron chi connectivity index (χ2n) is 8.18. The lowest BCUT2D eigenvalue weighted by Gasteiger charge is -2.39. The van der Waals surface area contributed by atoms with Gasteiger partial charge >= 0.3 is 6.92 Å². The van der Waals surface area contributed by atoms with Gasteiger partial charge in [0.1, 0.15) is 12.9 Å². The minimum absolute atomic E-state index is 0.224. The summed E-state index contributed by atoms with van der Waals surface area (Å²) in [6.07, 6.45) is 4.21. The monoisotopic (exact) mass is 363 g/mol. The molecular weight excluding hydrogens is 329 g/mol. The fourth-order valence-corrected chi connectivity index (χ4v) is 2.57. The highest BCUT2D eigenvalue weighted by atomic mass is 16.5. The zero-order valence-corrected chi connectivity index (χ0v) is 17.5.